The van der Waals surface area contributed by atoms with Gasteiger partial charge in [-0.05, 0) is 41.7 Å². The number of ether oxygens (including phenoxy) is 1. The highest BCUT2D eigenvalue weighted by Crippen LogP contribution is 2.39. The highest BCUT2D eigenvalue weighted by Gasteiger charge is 2.37. The van der Waals surface area contributed by atoms with E-state index < -0.39 is 11.7 Å². The molecule has 1 saturated heterocycles. The van der Waals surface area contributed by atoms with E-state index in [2.05, 4.69) is 23.1 Å². The molecule has 0 aliphatic carbocycles. The first-order valence-electron chi connectivity index (χ1n) is 9.19. The van der Waals surface area contributed by atoms with Gasteiger partial charge in [0.15, 0.2) is 0 Å². The minimum absolute atomic E-state index is 0.0849. The van der Waals surface area contributed by atoms with E-state index in [9.17, 15) is 13.2 Å². The van der Waals surface area contributed by atoms with E-state index >= 15 is 0 Å². The molecule has 2 aliphatic rings. The van der Waals surface area contributed by atoms with Crippen LogP contribution in [0.4, 0.5) is 13.2 Å². The lowest BCUT2D eigenvalue weighted by Gasteiger charge is -2.45. The molecule has 2 nitrogen and oxygen atoms in total. The fraction of sp³-hybridized carbons (Fsp3) is 0.364. The zero-order chi connectivity index (χ0) is 19.0. The molecule has 27 heavy (non-hydrogen) atoms. The Balaban J connectivity index is 1.65. The fourth-order valence-corrected chi connectivity index (χ4v) is 4.19. The van der Waals surface area contributed by atoms with Crippen molar-refractivity contribution in [1.29, 1.82) is 0 Å². The Kier molecular flexibility index (Phi) is 4.82. The summed E-state index contributed by atoms with van der Waals surface area (Å²) in [6.07, 6.45) is -1.53. The molecule has 5 heteroatoms. The summed E-state index contributed by atoms with van der Waals surface area (Å²) in [6.45, 7) is 3.58. The Morgan fingerprint density at radius 2 is 1.81 bits per heavy atom. The zero-order valence-electron chi connectivity index (χ0n) is 15.2. The molecule has 0 amide bonds. The SMILES string of the molecule is Cc1c(C2=CC3COCC(C2)N3Cc2ccccc2)cccc1C(F)(F)F. The Morgan fingerprint density at radius 1 is 1.04 bits per heavy atom. The molecule has 142 valence electrons. The summed E-state index contributed by atoms with van der Waals surface area (Å²) in [5.41, 5.74) is 2.71. The molecule has 2 aromatic carbocycles. The summed E-state index contributed by atoms with van der Waals surface area (Å²) in [7, 11) is 0. The highest BCUT2D eigenvalue weighted by molar-refractivity contribution is 5.71. The van der Waals surface area contributed by atoms with Gasteiger partial charge in [-0.15, -0.1) is 0 Å². The molecule has 2 atom stereocenters. The van der Waals surface area contributed by atoms with Crippen molar-refractivity contribution in [2.45, 2.75) is 38.1 Å². The summed E-state index contributed by atoms with van der Waals surface area (Å²) in [5, 5.41) is 0. The smallest absolute Gasteiger partial charge is 0.378 e. The maximum Gasteiger partial charge on any atom is 0.416 e. The predicted octanol–water partition coefficient (Wildman–Crippen LogP) is 5.07. The second-order valence-corrected chi connectivity index (χ2v) is 7.29. The predicted molar refractivity (Wildman–Crippen MR) is 99.2 cm³/mol. The second-order valence-electron chi connectivity index (χ2n) is 7.29. The van der Waals surface area contributed by atoms with Gasteiger partial charge in [-0.2, -0.15) is 13.2 Å². The molecule has 2 aromatic rings. The van der Waals surface area contributed by atoms with Crippen molar-refractivity contribution in [3.8, 4) is 0 Å². The number of nitrogens with zero attached hydrogens (tertiary/aromatic N) is 1. The number of halogens is 3. The van der Waals surface area contributed by atoms with E-state index in [-0.39, 0.29) is 12.1 Å². The lowest BCUT2D eigenvalue weighted by Crippen LogP contribution is -2.53. The quantitative estimate of drug-likeness (QED) is 0.745. The number of benzene rings is 2. The number of hydrogen-bond donors (Lipinski definition) is 0. The van der Waals surface area contributed by atoms with Crippen LogP contribution in [0.15, 0.2) is 54.6 Å². The first-order valence-corrected chi connectivity index (χ1v) is 9.19. The number of rotatable bonds is 3. The van der Waals surface area contributed by atoms with Crippen molar-refractivity contribution in [3.05, 3.63) is 76.9 Å². The molecule has 0 spiro atoms. The molecule has 0 aromatic heterocycles. The van der Waals surface area contributed by atoms with Crippen LogP contribution in [0, 0.1) is 6.92 Å². The van der Waals surface area contributed by atoms with Crippen molar-refractivity contribution in [2.24, 2.45) is 0 Å². The van der Waals surface area contributed by atoms with Gasteiger partial charge in [0, 0.05) is 12.6 Å². The third-order valence-electron chi connectivity index (χ3n) is 5.54. The minimum Gasteiger partial charge on any atom is -0.378 e. The minimum atomic E-state index is -4.33. The standard InChI is InChI=1S/C22H22F3NO/c1-15-20(8-5-9-21(15)22(23,24)25)17-10-18-13-27-14-19(11-17)26(18)12-16-6-3-2-4-7-16/h2-10,18-19H,11-14H2,1H3. The normalized spacial score (nSPS) is 23.2. The Hall–Kier alpha value is -2.11. The van der Waals surface area contributed by atoms with Crippen molar-refractivity contribution in [2.75, 3.05) is 13.2 Å². The van der Waals surface area contributed by atoms with Crippen molar-refractivity contribution in [3.63, 3.8) is 0 Å². The average molecular weight is 373 g/mol. The summed E-state index contributed by atoms with van der Waals surface area (Å²) >= 11 is 0. The van der Waals surface area contributed by atoms with Gasteiger partial charge in [0.2, 0.25) is 0 Å². The monoisotopic (exact) mass is 373 g/mol. The molecular weight excluding hydrogens is 351 g/mol. The highest BCUT2D eigenvalue weighted by atomic mass is 19.4. The summed E-state index contributed by atoms with van der Waals surface area (Å²) in [5.74, 6) is 0. The largest absolute Gasteiger partial charge is 0.416 e. The van der Waals surface area contributed by atoms with Crippen molar-refractivity contribution >= 4 is 5.57 Å². The van der Waals surface area contributed by atoms with Gasteiger partial charge < -0.3 is 4.74 Å². The first-order chi connectivity index (χ1) is 12.9. The van der Waals surface area contributed by atoms with Gasteiger partial charge in [-0.3, -0.25) is 4.90 Å². The average Bonchev–Trinajstić information content (AvgIpc) is 2.62. The first kappa shape index (κ1) is 18.3. The van der Waals surface area contributed by atoms with Crippen LogP contribution in [-0.2, 0) is 17.5 Å². The van der Waals surface area contributed by atoms with Crippen LogP contribution >= 0.6 is 0 Å². The number of alkyl halides is 3. The third-order valence-corrected chi connectivity index (χ3v) is 5.54. The molecule has 1 fully saturated rings. The van der Waals surface area contributed by atoms with Crippen LogP contribution in [-0.4, -0.2) is 30.2 Å². The molecule has 2 unspecified atom stereocenters. The van der Waals surface area contributed by atoms with Crippen LogP contribution in [0.5, 0.6) is 0 Å². The van der Waals surface area contributed by atoms with Gasteiger partial charge in [0.25, 0.3) is 0 Å². The molecular formula is C22H22F3NO. The molecule has 2 bridgehead atoms. The Morgan fingerprint density at radius 3 is 2.52 bits per heavy atom. The maximum absolute atomic E-state index is 13.3. The molecule has 4 rings (SSSR count). The number of hydrogen-bond acceptors (Lipinski definition) is 2. The van der Waals surface area contributed by atoms with Gasteiger partial charge >= 0.3 is 6.18 Å². The van der Waals surface area contributed by atoms with Crippen LogP contribution in [0.25, 0.3) is 5.57 Å². The lowest BCUT2D eigenvalue weighted by atomic mass is 9.86. The molecule has 2 aliphatic heterocycles. The molecule has 2 heterocycles. The lowest BCUT2D eigenvalue weighted by molar-refractivity contribution is -0.138. The van der Waals surface area contributed by atoms with Crippen LogP contribution in [0.3, 0.4) is 0 Å². The summed E-state index contributed by atoms with van der Waals surface area (Å²) in [6, 6.07) is 15.0. The fourth-order valence-electron chi connectivity index (χ4n) is 4.19. The molecule has 0 saturated carbocycles. The van der Waals surface area contributed by atoms with E-state index in [1.807, 2.05) is 18.2 Å². The van der Waals surface area contributed by atoms with Gasteiger partial charge in [0.05, 0.1) is 24.8 Å². The third kappa shape index (κ3) is 3.66. The summed E-state index contributed by atoms with van der Waals surface area (Å²) in [4.78, 5) is 2.41. The van der Waals surface area contributed by atoms with Crippen molar-refractivity contribution < 1.29 is 17.9 Å². The zero-order valence-corrected chi connectivity index (χ0v) is 15.2. The van der Waals surface area contributed by atoms with E-state index in [1.165, 1.54) is 11.6 Å². The van der Waals surface area contributed by atoms with Gasteiger partial charge in [0.1, 0.15) is 0 Å². The number of morpholine rings is 1. The topological polar surface area (TPSA) is 12.5 Å². The molecule has 0 N–H and O–H groups in total. The van der Waals surface area contributed by atoms with Crippen LogP contribution in [0.1, 0.15) is 28.7 Å². The van der Waals surface area contributed by atoms with Gasteiger partial charge in [-0.1, -0.05) is 48.5 Å². The van der Waals surface area contributed by atoms with Gasteiger partial charge in [-0.25, -0.2) is 0 Å². The Bertz CT molecular complexity index is 844. The van der Waals surface area contributed by atoms with E-state index in [4.69, 9.17) is 4.74 Å². The Labute approximate surface area is 157 Å². The van der Waals surface area contributed by atoms with Crippen LogP contribution < -0.4 is 0 Å². The molecule has 0 radical (unpaired) electrons. The van der Waals surface area contributed by atoms with Crippen molar-refractivity contribution in [1.82, 2.24) is 4.90 Å². The maximum atomic E-state index is 13.3. The summed E-state index contributed by atoms with van der Waals surface area (Å²) < 4.78 is 45.6. The van der Waals surface area contributed by atoms with E-state index in [0.29, 0.717) is 30.8 Å². The van der Waals surface area contributed by atoms with Crippen LogP contribution in [0.2, 0.25) is 0 Å². The second kappa shape index (κ2) is 7.13. The number of fused-ring (bicyclic) bond motifs is 2. The van der Waals surface area contributed by atoms with E-state index in [1.54, 1.807) is 13.0 Å². The van der Waals surface area contributed by atoms with E-state index in [0.717, 1.165) is 18.2 Å².